The summed E-state index contributed by atoms with van der Waals surface area (Å²) < 4.78 is 0. The van der Waals surface area contributed by atoms with Gasteiger partial charge in [-0.05, 0) is 31.7 Å². The molecule has 2 heteroatoms. The monoisotopic (exact) mass is 199 g/mol. The molecule has 14 heavy (non-hydrogen) atoms. The van der Waals surface area contributed by atoms with Gasteiger partial charge in [0.25, 0.3) is 0 Å². The molecule has 1 rings (SSSR count). The van der Waals surface area contributed by atoms with Gasteiger partial charge in [-0.3, -0.25) is 0 Å². The number of aliphatic hydroxyl groups is 1. The van der Waals surface area contributed by atoms with Gasteiger partial charge in [0.1, 0.15) is 0 Å². The topological polar surface area (TPSA) is 32.3 Å². The highest BCUT2D eigenvalue weighted by Crippen LogP contribution is 2.36. The molecular formula is C12H25NO. The fourth-order valence-electron chi connectivity index (χ4n) is 2.78. The maximum Gasteiger partial charge on any atom is 0.0725 e. The summed E-state index contributed by atoms with van der Waals surface area (Å²) in [7, 11) is 0. The predicted octanol–water partition coefficient (Wildman–Crippen LogP) is 2.17. The van der Waals surface area contributed by atoms with Crippen LogP contribution in [0.15, 0.2) is 0 Å². The Labute approximate surface area is 88.1 Å². The van der Waals surface area contributed by atoms with Gasteiger partial charge in [0.2, 0.25) is 0 Å². The van der Waals surface area contributed by atoms with Crippen molar-refractivity contribution in [3.63, 3.8) is 0 Å². The summed E-state index contributed by atoms with van der Waals surface area (Å²) in [5.74, 6) is 0.886. The van der Waals surface area contributed by atoms with Crippen LogP contribution in [0.3, 0.4) is 0 Å². The van der Waals surface area contributed by atoms with Crippen LogP contribution < -0.4 is 5.32 Å². The Morgan fingerprint density at radius 3 is 2.79 bits per heavy atom. The SMILES string of the molecule is CCCC(C)C1(O)CCNCC1CC. The van der Waals surface area contributed by atoms with Gasteiger partial charge in [-0.15, -0.1) is 0 Å². The van der Waals surface area contributed by atoms with Crippen molar-refractivity contribution in [1.82, 2.24) is 5.32 Å². The van der Waals surface area contributed by atoms with Crippen LogP contribution in [-0.4, -0.2) is 23.8 Å². The summed E-state index contributed by atoms with van der Waals surface area (Å²) in [6.45, 7) is 8.54. The van der Waals surface area contributed by atoms with E-state index in [0.717, 1.165) is 32.4 Å². The lowest BCUT2D eigenvalue weighted by Gasteiger charge is -2.44. The van der Waals surface area contributed by atoms with Gasteiger partial charge in [-0.2, -0.15) is 0 Å². The fourth-order valence-corrected chi connectivity index (χ4v) is 2.78. The van der Waals surface area contributed by atoms with Crippen LogP contribution >= 0.6 is 0 Å². The molecule has 84 valence electrons. The molecule has 2 nitrogen and oxygen atoms in total. The van der Waals surface area contributed by atoms with Crippen molar-refractivity contribution in [3.8, 4) is 0 Å². The van der Waals surface area contributed by atoms with Gasteiger partial charge in [0.05, 0.1) is 5.60 Å². The van der Waals surface area contributed by atoms with E-state index in [1.807, 2.05) is 0 Å². The third-order valence-corrected chi connectivity index (χ3v) is 3.87. The predicted molar refractivity (Wildman–Crippen MR) is 60.3 cm³/mol. The van der Waals surface area contributed by atoms with Crippen molar-refractivity contribution in [2.24, 2.45) is 11.8 Å². The van der Waals surface area contributed by atoms with Crippen LogP contribution in [0, 0.1) is 11.8 Å². The molecular weight excluding hydrogens is 174 g/mol. The molecule has 0 bridgehead atoms. The minimum atomic E-state index is -0.407. The zero-order chi connectivity index (χ0) is 10.6. The highest BCUT2D eigenvalue weighted by Gasteiger charge is 2.41. The molecule has 1 saturated heterocycles. The molecule has 1 fully saturated rings. The maximum atomic E-state index is 10.7. The molecule has 0 aromatic heterocycles. The average Bonchev–Trinajstić information content (AvgIpc) is 2.19. The lowest BCUT2D eigenvalue weighted by Crippen LogP contribution is -2.53. The zero-order valence-electron chi connectivity index (χ0n) is 9.84. The van der Waals surface area contributed by atoms with Crippen LogP contribution in [-0.2, 0) is 0 Å². The van der Waals surface area contributed by atoms with Gasteiger partial charge in [0.15, 0.2) is 0 Å². The van der Waals surface area contributed by atoms with E-state index in [1.54, 1.807) is 0 Å². The molecule has 0 amide bonds. The van der Waals surface area contributed by atoms with Crippen molar-refractivity contribution in [2.75, 3.05) is 13.1 Å². The highest BCUT2D eigenvalue weighted by molar-refractivity contribution is 4.94. The molecule has 1 aliphatic rings. The van der Waals surface area contributed by atoms with Gasteiger partial charge in [-0.25, -0.2) is 0 Å². The molecule has 1 aliphatic heterocycles. The van der Waals surface area contributed by atoms with Crippen LogP contribution in [0.5, 0.6) is 0 Å². The second kappa shape index (κ2) is 5.13. The number of hydrogen-bond donors (Lipinski definition) is 2. The first-order valence-corrected chi connectivity index (χ1v) is 6.08. The summed E-state index contributed by atoms with van der Waals surface area (Å²) in [4.78, 5) is 0. The number of hydrogen-bond acceptors (Lipinski definition) is 2. The van der Waals surface area contributed by atoms with E-state index in [2.05, 4.69) is 26.1 Å². The molecule has 1 heterocycles. The number of nitrogens with one attached hydrogen (secondary N) is 1. The summed E-state index contributed by atoms with van der Waals surface area (Å²) in [6.07, 6.45) is 4.32. The maximum absolute atomic E-state index is 10.7. The largest absolute Gasteiger partial charge is 0.389 e. The first-order chi connectivity index (χ1) is 6.65. The Hall–Kier alpha value is -0.0800. The lowest BCUT2D eigenvalue weighted by molar-refractivity contribution is -0.0864. The number of rotatable bonds is 4. The standard InChI is InChI=1S/C12H25NO/c1-4-6-10(3)12(14)7-8-13-9-11(12)5-2/h10-11,13-14H,4-9H2,1-3H3. The van der Waals surface area contributed by atoms with Crippen LogP contribution in [0.2, 0.25) is 0 Å². The summed E-state index contributed by atoms with van der Waals surface area (Å²) in [5.41, 5.74) is -0.407. The van der Waals surface area contributed by atoms with Crippen LogP contribution in [0.25, 0.3) is 0 Å². The third kappa shape index (κ3) is 2.29. The first kappa shape index (κ1) is 12.0. The Bertz CT molecular complexity index is 172. The van der Waals surface area contributed by atoms with Crippen molar-refractivity contribution in [3.05, 3.63) is 0 Å². The van der Waals surface area contributed by atoms with Gasteiger partial charge in [-0.1, -0.05) is 27.2 Å². The molecule has 0 saturated carbocycles. The van der Waals surface area contributed by atoms with Crippen molar-refractivity contribution in [2.45, 2.75) is 52.1 Å². The zero-order valence-corrected chi connectivity index (χ0v) is 9.84. The second-order valence-corrected chi connectivity index (χ2v) is 4.74. The third-order valence-electron chi connectivity index (χ3n) is 3.87. The second-order valence-electron chi connectivity index (χ2n) is 4.74. The fraction of sp³-hybridized carbons (Fsp3) is 1.00. The van der Waals surface area contributed by atoms with E-state index in [4.69, 9.17) is 0 Å². The van der Waals surface area contributed by atoms with Crippen molar-refractivity contribution < 1.29 is 5.11 Å². The number of piperidine rings is 1. The minimum Gasteiger partial charge on any atom is -0.389 e. The van der Waals surface area contributed by atoms with E-state index < -0.39 is 5.60 Å². The molecule has 3 atom stereocenters. The smallest absolute Gasteiger partial charge is 0.0725 e. The molecule has 0 spiro atoms. The summed E-state index contributed by atoms with van der Waals surface area (Å²) in [6, 6.07) is 0. The highest BCUT2D eigenvalue weighted by atomic mass is 16.3. The normalized spacial score (nSPS) is 35.6. The Balaban J connectivity index is 2.66. The summed E-state index contributed by atoms with van der Waals surface area (Å²) in [5, 5.41) is 14.1. The van der Waals surface area contributed by atoms with E-state index in [0.29, 0.717) is 11.8 Å². The van der Waals surface area contributed by atoms with E-state index in [-0.39, 0.29) is 0 Å². The molecule has 0 aromatic carbocycles. The Kier molecular flexibility index (Phi) is 4.39. The van der Waals surface area contributed by atoms with Gasteiger partial charge >= 0.3 is 0 Å². The van der Waals surface area contributed by atoms with Gasteiger partial charge < -0.3 is 10.4 Å². The molecule has 0 radical (unpaired) electrons. The first-order valence-electron chi connectivity index (χ1n) is 6.08. The van der Waals surface area contributed by atoms with Crippen molar-refractivity contribution >= 4 is 0 Å². The Morgan fingerprint density at radius 1 is 1.50 bits per heavy atom. The van der Waals surface area contributed by atoms with E-state index >= 15 is 0 Å². The van der Waals surface area contributed by atoms with E-state index in [1.165, 1.54) is 6.42 Å². The molecule has 3 unspecified atom stereocenters. The summed E-state index contributed by atoms with van der Waals surface area (Å²) >= 11 is 0. The quantitative estimate of drug-likeness (QED) is 0.727. The molecule has 0 aromatic rings. The molecule has 0 aliphatic carbocycles. The average molecular weight is 199 g/mol. The molecule has 2 N–H and O–H groups in total. The van der Waals surface area contributed by atoms with Crippen LogP contribution in [0.1, 0.15) is 46.5 Å². The van der Waals surface area contributed by atoms with E-state index in [9.17, 15) is 5.11 Å². The van der Waals surface area contributed by atoms with Gasteiger partial charge in [0, 0.05) is 12.5 Å². The van der Waals surface area contributed by atoms with Crippen molar-refractivity contribution in [1.29, 1.82) is 0 Å². The lowest BCUT2D eigenvalue weighted by atomic mass is 9.71. The minimum absolute atomic E-state index is 0.407. The van der Waals surface area contributed by atoms with Crippen LogP contribution in [0.4, 0.5) is 0 Å². The Morgan fingerprint density at radius 2 is 2.21 bits per heavy atom.